The van der Waals surface area contributed by atoms with Gasteiger partial charge in [0.15, 0.2) is 0 Å². The first-order valence-electron chi connectivity index (χ1n) is 26.8. The van der Waals surface area contributed by atoms with Crippen LogP contribution in [0.5, 0.6) is 0 Å². The number of hydrogen-bond donors (Lipinski definition) is 0. The molecule has 0 spiro atoms. The maximum absolute atomic E-state index is 2.62. The second-order valence-corrected chi connectivity index (χ2v) is 27.9. The lowest BCUT2D eigenvalue weighted by molar-refractivity contribution is 0.568. The zero-order valence-electron chi connectivity index (χ0n) is 46.7. The molecule has 72 heavy (non-hydrogen) atoms. The highest BCUT2D eigenvalue weighted by atomic mass is 14.3. The smallest absolute Gasteiger partial charge is 0.000718 e. The van der Waals surface area contributed by atoms with Crippen molar-refractivity contribution in [1.82, 2.24) is 0 Å². The van der Waals surface area contributed by atoms with E-state index in [1.54, 1.807) is 0 Å². The molecule has 0 atom stereocenters. The molecule has 0 saturated heterocycles. The Balaban J connectivity index is 1.46. The number of rotatable bonds is 3. The van der Waals surface area contributed by atoms with Crippen LogP contribution < -0.4 is 0 Å². The minimum atomic E-state index is -0.0666. The van der Waals surface area contributed by atoms with Crippen LogP contribution >= 0.6 is 0 Å². The molecule has 11 aromatic rings. The summed E-state index contributed by atoms with van der Waals surface area (Å²) in [5.41, 5.74) is 15.8. The van der Waals surface area contributed by atoms with Crippen molar-refractivity contribution in [2.24, 2.45) is 0 Å². The Hall–Kier alpha value is -6.24. The number of hydrogen-bond acceptors (Lipinski definition) is 0. The largest absolute Gasteiger partial charge is 0.0616 e. The predicted octanol–water partition coefficient (Wildman–Crippen LogP) is 21.4. The van der Waals surface area contributed by atoms with E-state index in [1.165, 1.54) is 142 Å². The summed E-state index contributed by atoms with van der Waals surface area (Å²) in [4.78, 5) is 0. The molecule has 0 aliphatic carbocycles. The molecule has 0 bridgehead atoms. The number of benzene rings is 9. The maximum atomic E-state index is 2.62. The third-order valence-electron chi connectivity index (χ3n) is 16.4. The molecule has 0 amide bonds. The summed E-state index contributed by atoms with van der Waals surface area (Å²) in [6, 6.07) is 53.6. The van der Waals surface area contributed by atoms with Gasteiger partial charge in [-0.1, -0.05) is 252 Å². The molecule has 0 radical (unpaired) electrons. The first-order chi connectivity index (χ1) is 33.5. The molecule has 0 N–H and O–H groups in total. The first-order valence-corrected chi connectivity index (χ1v) is 26.8. The summed E-state index contributed by atoms with van der Waals surface area (Å²) in [6.07, 6.45) is 0. The van der Waals surface area contributed by atoms with Crippen LogP contribution in [0.2, 0.25) is 0 Å². The molecule has 0 aliphatic heterocycles. The Morgan fingerprint density at radius 3 is 1.15 bits per heavy atom. The molecule has 11 rings (SSSR count). The monoisotopic (exact) mass is 941 g/mol. The molecule has 0 heterocycles. The zero-order chi connectivity index (χ0) is 51.6. The van der Waals surface area contributed by atoms with Gasteiger partial charge in [-0.15, -0.1) is 0 Å². The summed E-state index contributed by atoms with van der Waals surface area (Å²) in [6.45, 7) is 42.7. The lowest BCUT2D eigenvalue weighted by Crippen LogP contribution is -2.16. The summed E-state index contributed by atoms with van der Waals surface area (Å²) in [5, 5.41) is 18.7. The van der Waals surface area contributed by atoms with Crippen molar-refractivity contribution in [2.75, 3.05) is 0 Å². The van der Waals surface area contributed by atoms with E-state index in [4.69, 9.17) is 0 Å². The van der Waals surface area contributed by atoms with E-state index in [2.05, 4.69) is 258 Å². The van der Waals surface area contributed by atoms with Crippen molar-refractivity contribution in [3.05, 3.63) is 167 Å². The van der Waals surface area contributed by atoms with Crippen molar-refractivity contribution >= 4 is 75.4 Å². The van der Waals surface area contributed by atoms with Gasteiger partial charge in [0, 0.05) is 0 Å². The van der Waals surface area contributed by atoms with Gasteiger partial charge in [0.2, 0.25) is 0 Å². The zero-order valence-corrected chi connectivity index (χ0v) is 46.7. The summed E-state index contributed by atoms with van der Waals surface area (Å²) in [7, 11) is 0. The van der Waals surface area contributed by atoms with E-state index in [0.29, 0.717) is 0 Å². The third-order valence-corrected chi connectivity index (χ3v) is 16.4. The molecule has 0 aromatic heterocycles. The lowest BCUT2D eigenvalue weighted by Gasteiger charge is -2.28. The average Bonchev–Trinajstić information content (AvgIpc) is 3.80. The van der Waals surface area contributed by atoms with Crippen LogP contribution in [-0.2, 0) is 32.5 Å². The summed E-state index contributed by atoms with van der Waals surface area (Å²) < 4.78 is 0. The Morgan fingerprint density at radius 1 is 0.222 bits per heavy atom. The van der Waals surface area contributed by atoms with Crippen molar-refractivity contribution in [2.45, 2.75) is 157 Å². The Morgan fingerprint density at radius 2 is 0.639 bits per heavy atom. The van der Waals surface area contributed by atoms with Crippen LogP contribution in [0.4, 0.5) is 0 Å². The molecule has 0 unspecified atom stereocenters. The Kier molecular flexibility index (Phi) is 10.4. The van der Waals surface area contributed by atoms with Crippen LogP contribution in [0.15, 0.2) is 133 Å². The summed E-state index contributed by atoms with van der Waals surface area (Å²) >= 11 is 0. The average molecular weight is 941 g/mol. The molecule has 0 aliphatic rings. The van der Waals surface area contributed by atoms with Crippen LogP contribution in [0, 0.1) is 0 Å². The van der Waals surface area contributed by atoms with Crippen molar-refractivity contribution < 1.29 is 0 Å². The van der Waals surface area contributed by atoms with Gasteiger partial charge in [-0.05, 0) is 181 Å². The highest BCUT2D eigenvalue weighted by molar-refractivity contribution is 6.45. The van der Waals surface area contributed by atoms with Gasteiger partial charge >= 0.3 is 0 Å². The summed E-state index contributed by atoms with van der Waals surface area (Å²) in [5.74, 6) is 0. The van der Waals surface area contributed by atoms with Crippen molar-refractivity contribution in [3.63, 3.8) is 0 Å². The maximum Gasteiger partial charge on any atom is -0.000718 e. The van der Waals surface area contributed by atoms with E-state index >= 15 is 0 Å². The van der Waals surface area contributed by atoms with Gasteiger partial charge in [0.25, 0.3) is 0 Å². The van der Waals surface area contributed by atoms with Crippen LogP contribution in [0.1, 0.15) is 158 Å². The second-order valence-electron chi connectivity index (χ2n) is 27.9. The number of fused-ring (bicyclic) bond motifs is 8. The van der Waals surface area contributed by atoms with Gasteiger partial charge in [0.1, 0.15) is 0 Å². The van der Waals surface area contributed by atoms with E-state index < -0.39 is 0 Å². The lowest BCUT2D eigenvalue weighted by atomic mass is 9.76. The van der Waals surface area contributed by atoms with Gasteiger partial charge < -0.3 is 0 Å². The highest BCUT2D eigenvalue weighted by Crippen LogP contribution is 2.57. The van der Waals surface area contributed by atoms with Crippen LogP contribution in [0.3, 0.4) is 0 Å². The molecule has 0 heteroatoms. The molecule has 0 saturated carbocycles. The van der Waals surface area contributed by atoms with E-state index in [9.17, 15) is 0 Å². The standard InChI is InChI=1S/C72H76/c1-67(2,3)43-29-32-59(72(16,17)18)56(39-43)50-30-31-55-62-52(50)26-22-28-54(62)65-60(41-33-44(68(4,5)6)37-45(34-41)69(7,8)9)58-40-57-49-24-20-19-23-48(49)51-25-21-27-53(63(51)57)64(58)61(66(55)65)42-35-46(70(10,11)12)38-47(36-42)71(13,14)15/h19-40H,1-18H3. The Bertz CT molecular complexity index is 3930. The normalized spacial score (nSPS) is 13.7. The second kappa shape index (κ2) is 15.6. The first kappa shape index (κ1) is 48.1. The molecule has 0 fully saturated rings. The molecular formula is C72H76. The van der Waals surface area contributed by atoms with Gasteiger partial charge in [-0.3, -0.25) is 0 Å². The minimum Gasteiger partial charge on any atom is -0.0616 e. The van der Waals surface area contributed by atoms with Gasteiger partial charge in [0.05, 0.1) is 0 Å². The minimum absolute atomic E-state index is 0.00571. The van der Waals surface area contributed by atoms with E-state index in [-0.39, 0.29) is 32.5 Å². The fraction of sp³-hybridized carbons (Fsp3) is 0.333. The Labute approximate surface area is 430 Å². The third kappa shape index (κ3) is 7.52. The van der Waals surface area contributed by atoms with Gasteiger partial charge in [-0.2, -0.15) is 0 Å². The van der Waals surface area contributed by atoms with E-state index in [0.717, 1.165) is 0 Å². The van der Waals surface area contributed by atoms with Crippen molar-refractivity contribution in [3.8, 4) is 33.4 Å². The van der Waals surface area contributed by atoms with E-state index in [1.807, 2.05) is 0 Å². The molecular weight excluding hydrogens is 865 g/mol. The fourth-order valence-electron chi connectivity index (χ4n) is 12.2. The van der Waals surface area contributed by atoms with Gasteiger partial charge in [-0.25, -0.2) is 0 Å². The molecule has 0 nitrogen and oxygen atoms in total. The molecule has 364 valence electrons. The predicted molar refractivity (Wildman–Crippen MR) is 320 cm³/mol. The SMILES string of the molecule is CC(C)(C)c1cc(-c2c3cc4c5ccccc5c5cccc(c3c(-c3cc(C(C)(C)C)cc(C(C)(C)C)c3)c3c6ccc(-c7cc(C(C)(C)C)ccc7C(C)(C)C)c7cccc(c23)c76)c54)cc(C(C)(C)C)c1. The fourth-order valence-corrected chi connectivity index (χ4v) is 12.2. The van der Waals surface area contributed by atoms with Crippen LogP contribution in [0.25, 0.3) is 109 Å². The van der Waals surface area contributed by atoms with Crippen LogP contribution in [-0.4, -0.2) is 0 Å². The molecule has 11 aromatic carbocycles. The quantitative estimate of drug-likeness (QED) is 0.155. The highest BCUT2D eigenvalue weighted by Gasteiger charge is 2.32. The van der Waals surface area contributed by atoms with Crippen molar-refractivity contribution in [1.29, 1.82) is 0 Å². The topological polar surface area (TPSA) is 0 Å².